The van der Waals surface area contributed by atoms with Crippen molar-refractivity contribution < 1.29 is 18.8 Å². The molecular weight excluding hydrogens is 391 g/mol. The number of nitrogens with zero attached hydrogens (tertiary/aromatic N) is 3. The molecule has 30 heavy (non-hydrogen) atoms. The first kappa shape index (κ1) is 18.3. The van der Waals surface area contributed by atoms with Crippen molar-refractivity contribution in [2.75, 3.05) is 0 Å². The van der Waals surface area contributed by atoms with Gasteiger partial charge in [0.05, 0.1) is 5.69 Å². The second-order valence-electron chi connectivity index (χ2n) is 7.67. The summed E-state index contributed by atoms with van der Waals surface area (Å²) in [6.45, 7) is 3.54. The average molecular weight is 408 g/mol. The van der Waals surface area contributed by atoms with Gasteiger partial charge in [-0.15, -0.1) is 0 Å². The van der Waals surface area contributed by atoms with Crippen LogP contribution in [0, 0.1) is 18.7 Å². The summed E-state index contributed by atoms with van der Waals surface area (Å²) in [5, 5.41) is 14.3. The van der Waals surface area contributed by atoms with Crippen molar-refractivity contribution in [3.05, 3.63) is 70.1 Å². The Bertz CT molecular complexity index is 1390. The zero-order valence-corrected chi connectivity index (χ0v) is 16.1. The molecule has 0 bridgehead atoms. The van der Waals surface area contributed by atoms with Crippen molar-refractivity contribution in [3.8, 4) is 11.1 Å². The van der Waals surface area contributed by atoms with E-state index in [-0.39, 0.29) is 17.3 Å². The molecule has 4 aromatic rings. The number of fused-ring (bicyclic) bond motifs is 1. The minimum Gasteiger partial charge on any atom is -0.477 e. The third-order valence-electron chi connectivity index (χ3n) is 5.92. The molecule has 1 aliphatic carbocycles. The Morgan fingerprint density at radius 2 is 2.13 bits per heavy atom. The Balaban J connectivity index is 1.75. The zero-order chi connectivity index (χ0) is 21.2. The minimum absolute atomic E-state index is 0.0342. The molecular formula is C21H17FN4O4. The Morgan fingerprint density at radius 1 is 1.37 bits per heavy atom. The van der Waals surface area contributed by atoms with Gasteiger partial charge >= 0.3 is 11.7 Å². The van der Waals surface area contributed by atoms with Gasteiger partial charge in [-0.05, 0) is 49.1 Å². The fraction of sp³-hybridized carbons (Fsp3) is 0.238. The van der Waals surface area contributed by atoms with Gasteiger partial charge in [-0.1, -0.05) is 18.1 Å². The van der Waals surface area contributed by atoms with Crippen LogP contribution in [0.3, 0.4) is 0 Å². The summed E-state index contributed by atoms with van der Waals surface area (Å²) in [5.41, 5.74) is 1.19. The number of nitrogens with one attached hydrogen (secondary N) is 1. The number of hydrogen-bond acceptors (Lipinski definition) is 5. The maximum Gasteiger partial charge on any atom is 0.438 e. The normalized spacial score (nSPS) is 20.6. The highest BCUT2D eigenvalue weighted by atomic mass is 19.1. The van der Waals surface area contributed by atoms with Crippen molar-refractivity contribution in [2.45, 2.75) is 25.8 Å². The first-order valence-corrected chi connectivity index (χ1v) is 9.40. The summed E-state index contributed by atoms with van der Waals surface area (Å²) >= 11 is 0. The number of halogens is 1. The number of carboxylic acids is 1. The quantitative estimate of drug-likeness (QED) is 0.536. The molecule has 3 heterocycles. The first-order chi connectivity index (χ1) is 14.3. The van der Waals surface area contributed by atoms with E-state index in [1.165, 1.54) is 6.20 Å². The van der Waals surface area contributed by atoms with Gasteiger partial charge in [0.2, 0.25) is 0 Å². The minimum atomic E-state index is -1.11. The predicted molar refractivity (Wildman–Crippen MR) is 105 cm³/mol. The van der Waals surface area contributed by atoms with Gasteiger partial charge in [-0.2, -0.15) is 0 Å². The number of hydrogen-bond donors (Lipinski definition) is 2. The number of pyridine rings is 1. The molecule has 1 aliphatic rings. The molecule has 0 unspecified atom stereocenters. The van der Waals surface area contributed by atoms with E-state index in [9.17, 15) is 19.1 Å². The van der Waals surface area contributed by atoms with E-state index in [0.717, 1.165) is 0 Å². The molecule has 1 aromatic carbocycles. The maximum absolute atomic E-state index is 14.6. The summed E-state index contributed by atoms with van der Waals surface area (Å²) in [6.07, 6.45) is 2.13. The van der Waals surface area contributed by atoms with E-state index in [4.69, 9.17) is 0 Å². The van der Waals surface area contributed by atoms with Crippen LogP contribution in [0.15, 0.2) is 45.8 Å². The van der Waals surface area contributed by atoms with Gasteiger partial charge < -0.3 is 9.67 Å². The van der Waals surface area contributed by atoms with Crippen LogP contribution in [0.25, 0.3) is 22.0 Å². The van der Waals surface area contributed by atoms with Crippen LogP contribution in [-0.4, -0.2) is 30.8 Å². The molecule has 8 nitrogen and oxygen atoms in total. The molecule has 1 fully saturated rings. The smallest absolute Gasteiger partial charge is 0.438 e. The molecule has 0 amide bonds. The van der Waals surface area contributed by atoms with E-state index >= 15 is 0 Å². The topological polar surface area (TPSA) is 114 Å². The van der Waals surface area contributed by atoms with Gasteiger partial charge in [0.15, 0.2) is 11.6 Å². The SMILES string of the molecule is Cc1nccc(-c2ccc3c(c2)cc(C(=O)O)n3[C@@]2(c3noc(=O)[nH]3)C[C@@H]2C)c1F. The molecule has 152 valence electrons. The lowest BCUT2D eigenvalue weighted by Gasteiger charge is -2.19. The van der Waals surface area contributed by atoms with Crippen molar-refractivity contribution in [3.63, 3.8) is 0 Å². The number of aromatic amines is 1. The lowest BCUT2D eigenvalue weighted by molar-refractivity contribution is 0.0682. The van der Waals surface area contributed by atoms with E-state index in [1.54, 1.807) is 41.8 Å². The van der Waals surface area contributed by atoms with Gasteiger partial charge in [-0.3, -0.25) is 14.5 Å². The average Bonchev–Trinajstić information content (AvgIpc) is 3.05. The number of carboxylic acid groups (broad SMARTS) is 1. The molecule has 2 N–H and O–H groups in total. The summed E-state index contributed by atoms with van der Waals surface area (Å²) in [6, 6.07) is 8.40. The molecule has 3 aromatic heterocycles. The van der Waals surface area contributed by atoms with Crippen LogP contribution in [0.2, 0.25) is 0 Å². The number of aromatic nitrogens is 4. The van der Waals surface area contributed by atoms with Crippen molar-refractivity contribution in [1.82, 2.24) is 19.7 Å². The number of rotatable bonds is 4. The number of benzene rings is 1. The Kier molecular flexibility index (Phi) is 3.73. The standard InChI is InChI=1S/C21H17FN4O4/c1-10-9-21(10,19-24-20(29)30-25-19)26-15-4-3-12(7-13(15)8-16(26)18(27)28)14-5-6-23-11(2)17(14)22/h3-8,10H,9H2,1-2H3,(H,27,28)(H,24,25,29)/t10-,21-/m0/s1. The highest BCUT2D eigenvalue weighted by Gasteiger charge is 2.59. The molecule has 9 heteroatoms. The lowest BCUT2D eigenvalue weighted by Crippen LogP contribution is -2.26. The third kappa shape index (κ3) is 2.44. The fourth-order valence-corrected chi connectivity index (χ4v) is 4.31. The number of aromatic carboxylic acids is 1. The van der Waals surface area contributed by atoms with Crippen LogP contribution in [0.4, 0.5) is 4.39 Å². The molecule has 0 radical (unpaired) electrons. The number of H-pyrrole nitrogens is 1. The van der Waals surface area contributed by atoms with Crippen LogP contribution in [0.1, 0.15) is 35.4 Å². The van der Waals surface area contributed by atoms with Crippen LogP contribution in [0.5, 0.6) is 0 Å². The maximum atomic E-state index is 14.6. The highest BCUT2D eigenvalue weighted by molar-refractivity contribution is 5.96. The van der Waals surface area contributed by atoms with Gasteiger partial charge in [0.25, 0.3) is 0 Å². The first-order valence-electron chi connectivity index (χ1n) is 9.40. The van der Waals surface area contributed by atoms with Crippen molar-refractivity contribution >= 4 is 16.9 Å². The van der Waals surface area contributed by atoms with Gasteiger partial charge in [0.1, 0.15) is 11.2 Å². The van der Waals surface area contributed by atoms with Crippen LogP contribution < -0.4 is 5.76 Å². The molecule has 0 aliphatic heterocycles. The summed E-state index contributed by atoms with van der Waals surface area (Å²) in [7, 11) is 0. The second kappa shape index (κ2) is 6.12. The summed E-state index contributed by atoms with van der Waals surface area (Å²) in [5.74, 6) is -1.89. The molecule has 0 saturated heterocycles. The van der Waals surface area contributed by atoms with Gasteiger partial charge in [0, 0.05) is 22.7 Å². The predicted octanol–water partition coefficient (Wildman–Crippen LogP) is 3.31. The highest BCUT2D eigenvalue weighted by Crippen LogP contribution is 2.55. The van der Waals surface area contributed by atoms with Crippen LogP contribution >= 0.6 is 0 Å². The Morgan fingerprint density at radius 3 is 2.77 bits per heavy atom. The monoisotopic (exact) mass is 408 g/mol. The second-order valence-corrected chi connectivity index (χ2v) is 7.67. The van der Waals surface area contributed by atoms with E-state index < -0.39 is 23.1 Å². The molecule has 1 saturated carbocycles. The van der Waals surface area contributed by atoms with Crippen molar-refractivity contribution in [2.24, 2.45) is 5.92 Å². The molecule has 5 rings (SSSR count). The lowest BCUT2D eigenvalue weighted by atomic mass is 10.0. The number of carbonyl (C=O) groups is 1. The van der Waals surface area contributed by atoms with E-state index in [2.05, 4.69) is 19.6 Å². The molecule has 2 atom stereocenters. The Labute approximate surface area is 169 Å². The third-order valence-corrected chi connectivity index (χ3v) is 5.92. The zero-order valence-electron chi connectivity index (χ0n) is 16.1. The Hall–Kier alpha value is -3.75. The summed E-state index contributed by atoms with van der Waals surface area (Å²) in [4.78, 5) is 30.1. The van der Waals surface area contributed by atoms with E-state index in [0.29, 0.717) is 34.3 Å². The largest absolute Gasteiger partial charge is 0.477 e. The fourth-order valence-electron chi connectivity index (χ4n) is 4.31. The number of aryl methyl sites for hydroxylation is 1. The van der Waals surface area contributed by atoms with Crippen molar-refractivity contribution in [1.29, 1.82) is 0 Å². The summed E-state index contributed by atoms with van der Waals surface area (Å²) < 4.78 is 20.9. The molecule has 0 spiro atoms. The van der Waals surface area contributed by atoms with E-state index in [1.807, 2.05) is 6.92 Å². The van der Waals surface area contributed by atoms with Crippen LogP contribution in [-0.2, 0) is 5.54 Å². The van der Waals surface area contributed by atoms with Gasteiger partial charge in [-0.25, -0.2) is 14.0 Å².